The molecule has 0 fully saturated rings. The number of Topliss-reactive ketones (excluding diaryl/α,β-unsaturated/α-hetero) is 1. The van der Waals surface area contributed by atoms with Crippen molar-refractivity contribution in [3.63, 3.8) is 0 Å². The van der Waals surface area contributed by atoms with E-state index in [0.717, 1.165) is 5.56 Å². The van der Waals surface area contributed by atoms with E-state index in [1.165, 1.54) is 25.2 Å². The summed E-state index contributed by atoms with van der Waals surface area (Å²) in [4.78, 5) is 12.2. The highest BCUT2D eigenvalue weighted by molar-refractivity contribution is 7.12. The monoisotopic (exact) mass is 184 g/mol. The Bertz CT molecular complexity index is 294. The zero-order chi connectivity index (χ0) is 9.35. The van der Waals surface area contributed by atoms with Crippen LogP contribution >= 0.6 is 11.3 Å². The molecule has 0 aliphatic heterocycles. The second-order valence-electron chi connectivity index (χ2n) is 3.32. The first kappa shape index (κ1) is 9.42. The first-order chi connectivity index (χ1) is 5.43. The van der Waals surface area contributed by atoms with Crippen LogP contribution in [0.3, 0.4) is 0 Å². The van der Waals surface area contributed by atoms with Crippen molar-refractivity contribution in [2.45, 2.75) is 26.4 Å². The molecule has 1 heterocycles. The maximum Gasteiger partial charge on any atom is 0.203 e. The molecule has 0 unspecified atom stereocenters. The molecule has 0 saturated carbocycles. The Morgan fingerprint density at radius 1 is 1.58 bits per heavy atom. The maximum absolute atomic E-state index is 11.5. The Labute approximate surface area is 75.9 Å². The van der Waals surface area contributed by atoms with Crippen LogP contribution in [0.25, 0.3) is 0 Å². The average Bonchev–Trinajstić information content (AvgIpc) is 2.31. The number of hydrogen-bond acceptors (Lipinski definition) is 3. The first-order valence-electron chi connectivity index (χ1n) is 3.74. The maximum atomic E-state index is 11.5. The van der Waals surface area contributed by atoms with Gasteiger partial charge in [0.25, 0.3) is 0 Å². The SMILES string of the molecule is Cc1ccsc1C(=O)C(C)(C)O. The summed E-state index contributed by atoms with van der Waals surface area (Å²) in [6.45, 7) is 4.89. The van der Waals surface area contributed by atoms with Gasteiger partial charge in [-0.15, -0.1) is 11.3 Å². The number of thiophene rings is 1. The molecule has 0 aliphatic carbocycles. The van der Waals surface area contributed by atoms with Crippen LogP contribution in [-0.2, 0) is 0 Å². The summed E-state index contributed by atoms with van der Waals surface area (Å²) < 4.78 is 0. The van der Waals surface area contributed by atoms with Gasteiger partial charge in [-0.05, 0) is 37.8 Å². The highest BCUT2D eigenvalue weighted by Crippen LogP contribution is 2.21. The van der Waals surface area contributed by atoms with Crippen LogP contribution in [0.1, 0.15) is 29.1 Å². The summed E-state index contributed by atoms with van der Waals surface area (Å²) in [7, 11) is 0. The van der Waals surface area contributed by atoms with Gasteiger partial charge in [0, 0.05) is 0 Å². The third-order valence-electron chi connectivity index (χ3n) is 1.62. The van der Waals surface area contributed by atoms with E-state index in [-0.39, 0.29) is 5.78 Å². The van der Waals surface area contributed by atoms with Gasteiger partial charge in [0.15, 0.2) is 0 Å². The fourth-order valence-corrected chi connectivity index (χ4v) is 1.90. The van der Waals surface area contributed by atoms with Crippen molar-refractivity contribution in [3.05, 3.63) is 21.9 Å². The summed E-state index contributed by atoms with van der Waals surface area (Å²) >= 11 is 1.37. The molecule has 3 heteroatoms. The largest absolute Gasteiger partial charge is 0.382 e. The van der Waals surface area contributed by atoms with E-state index >= 15 is 0 Å². The lowest BCUT2D eigenvalue weighted by Crippen LogP contribution is -2.30. The summed E-state index contributed by atoms with van der Waals surface area (Å²) in [5.41, 5.74) is -0.317. The molecule has 12 heavy (non-hydrogen) atoms. The van der Waals surface area contributed by atoms with Gasteiger partial charge < -0.3 is 5.11 Å². The van der Waals surface area contributed by atoms with Crippen LogP contribution in [0.15, 0.2) is 11.4 Å². The van der Waals surface area contributed by atoms with Crippen LogP contribution in [0, 0.1) is 6.92 Å². The van der Waals surface area contributed by atoms with Gasteiger partial charge in [0.05, 0.1) is 4.88 Å². The summed E-state index contributed by atoms with van der Waals surface area (Å²) in [5.74, 6) is -0.199. The van der Waals surface area contributed by atoms with Crippen LogP contribution < -0.4 is 0 Å². The second-order valence-corrected chi connectivity index (χ2v) is 4.24. The quantitative estimate of drug-likeness (QED) is 0.714. The highest BCUT2D eigenvalue weighted by Gasteiger charge is 2.27. The topological polar surface area (TPSA) is 37.3 Å². The van der Waals surface area contributed by atoms with Crippen LogP contribution in [0.2, 0.25) is 0 Å². The van der Waals surface area contributed by atoms with E-state index in [1.54, 1.807) is 0 Å². The molecule has 1 rings (SSSR count). The van der Waals surface area contributed by atoms with E-state index in [9.17, 15) is 9.90 Å². The van der Waals surface area contributed by atoms with Crippen LogP contribution in [0.4, 0.5) is 0 Å². The summed E-state index contributed by atoms with van der Waals surface area (Å²) in [6, 6.07) is 1.88. The number of aryl methyl sites for hydroxylation is 1. The lowest BCUT2D eigenvalue weighted by molar-refractivity contribution is 0.0492. The van der Waals surface area contributed by atoms with E-state index < -0.39 is 5.60 Å². The number of aliphatic hydroxyl groups is 1. The number of rotatable bonds is 2. The van der Waals surface area contributed by atoms with Crippen molar-refractivity contribution in [2.24, 2.45) is 0 Å². The van der Waals surface area contributed by atoms with Gasteiger partial charge in [0.1, 0.15) is 5.60 Å². The molecule has 66 valence electrons. The molecule has 0 saturated heterocycles. The van der Waals surface area contributed by atoms with Gasteiger partial charge in [-0.25, -0.2) is 0 Å². The molecule has 1 N–H and O–H groups in total. The van der Waals surface area contributed by atoms with Crippen molar-refractivity contribution < 1.29 is 9.90 Å². The molecular formula is C9H12O2S. The van der Waals surface area contributed by atoms with Gasteiger partial charge in [-0.3, -0.25) is 4.79 Å². The number of hydrogen-bond donors (Lipinski definition) is 1. The Kier molecular flexibility index (Phi) is 2.35. The fraction of sp³-hybridized carbons (Fsp3) is 0.444. The van der Waals surface area contributed by atoms with Gasteiger partial charge in [0.2, 0.25) is 5.78 Å². The van der Waals surface area contributed by atoms with Crippen molar-refractivity contribution in [2.75, 3.05) is 0 Å². The molecule has 0 spiro atoms. The van der Waals surface area contributed by atoms with Crippen LogP contribution in [0.5, 0.6) is 0 Å². The number of carbonyl (C=O) groups is 1. The van der Waals surface area contributed by atoms with E-state index in [2.05, 4.69) is 0 Å². The summed E-state index contributed by atoms with van der Waals surface area (Å²) in [5, 5.41) is 11.3. The van der Waals surface area contributed by atoms with Crippen molar-refractivity contribution in [1.29, 1.82) is 0 Å². The van der Waals surface area contributed by atoms with E-state index in [0.29, 0.717) is 4.88 Å². The third kappa shape index (κ3) is 1.73. The normalized spacial score (nSPS) is 11.7. The number of ketones is 1. The lowest BCUT2D eigenvalue weighted by atomic mass is 10.0. The van der Waals surface area contributed by atoms with E-state index in [4.69, 9.17) is 0 Å². The molecular weight excluding hydrogens is 172 g/mol. The third-order valence-corrected chi connectivity index (χ3v) is 2.64. The zero-order valence-electron chi connectivity index (χ0n) is 7.42. The second kappa shape index (κ2) is 2.99. The fourth-order valence-electron chi connectivity index (χ4n) is 0.883. The summed E-state index contributed by atoms with van der Waals surface area (Å²) in [6.07, 6.45) is 0. The standard InChI is InChI=1S/C9H12O2S/c1-6-4-5-12-7(6)8(10)9(2,3)11/h4-5,11H,1-3H3. The van der Waals surface area contributed by atoms with Crippen molar-refractivity contribution in [3.8, 4) is 0 Å². The minimum absolute atomic E-state index is 0.199. The Balaban J connectivity index is 3.01. The molecule has 0 aliphatic rings. The van der Waals surface area contributed by atoms with Gasteiger partial charge in [-0.2, -0.15) is 0 Å². The first-order valence-corrected chi connectivity index (χ1v) is 4.62. The molecule has 0 atom stereocenters. The number of carbonyl (C=O) groups excluding carboxylic acids is 1. The minimum atomic E-state index is -1.25. The van der Waals surface area contributed by atoms with Gasteiger partial charge >= 0.3 is 0 Å². The molecule has 1 aromatic rings. The van der Waals surface area contributed by atoms with E-state index in [1.807, 2.05) is 18.4 Å². The average molecular weight is 184 g/mol. The molecule has 0 aromatic carbocycles. The molecule has 0 bridgehead atoms. The Morgan fingerprint density at radius 3 is 2.50 bits per heavy atom. The molecule has 2 nitrogen and oxygen atoms in total. The molecule has 0 radical (unpaired) electrons. The molecule has 0 amide bonds. The predicted octanol–water partition coefficient (Wildman–Crippen LogP) is 2.01. The van der Waals surface area contributed by atoms with Gasteiger partial charge in [-0.1, -0.05) is 0 Å². The van der Waals surface area contributed by atoms with Crippen molar-refractivity contribution in [1.82, 2.24) is 0 Å². The van der Waals surface area contributed by atoms with Crippen molar-refractivity contribution >= 4 is 17.1 Å². The smallest absolute Gasteiger partial charge is 0.203 e. The predicted molar refractivity (Wildman–Crippen MR) is 49.7 cm³/mol. The zero-order valence-corrected chi connectivity index (χ0v) is 8.23. The minimum Gasteiger partial charge on any atom is -0.382 e. The Hall–Kier alpha value is -0.670. The highest BCUT2D eigenvalue weighted by atomic mass is 32.1. The molecule has 1 aromatic heterocycles. The van der Waals surface area contributed by atoms with Crippen LogP contribution in [-0.4, -0.2) is 16.5 Å². The lowest BCUT2D eigenvalue weighted by Gasteiger charge is -2.14. The Morgan fingerprint density at radius 2 is 2.17 bits per heavy atom.